The van der Waals surface area contributed by atoms with Crippen LogP contribution in [0.2, 0.25) is 0 Å². The highest BCUT2D eigenvalue weighted by atomic mass is 16.5. The Morgan fingerprint density at radius 3 is 2.52 bits per heavy atom. The maximum Gasteiger partial charge on any atom is 0.230 e. The van der Waals surface area contributed by atoms with Crippen molar-refractivity contribution in [3.05, 3.63) is 23.8 Å². The fraction of sp³-hybridized carbons (Fsp3) is 0.562. The van der Waals surface area contributed by atoms with Gasteiger partial charge in [-0.3, -0.25) is 4.79 Å². The number of hydrogen-bond donors (Lipinski definition) is 1. The number of amides is 1. The maximum absolute atomic E-state index is 12.6. The third-order valence-electron chi connectivity index (χ3n) is 4.39. The molecule has 1 aliphatic rings. The number of para-hydroxylation sites is 1. The molecule has 0 heterocycles. The molecule has 116 valence electrons. The first-order chi connectivity index (χ1) is 10.1. The Morgan fingerprint density at radius 2 is 2.05 bits per heavy atom. The summed E-state index contributed by atoms with van der Waals surface area (Å²) in [6.07, 6.45) is 2.86. The molecule has 1 fully saturated rings. The van der Waals surface area contributed by atoms with Gasteiger partial charge in [0.2, 0.25) is 5.91 Å². The second kappa shape index (κ2) is 6.35. The molecule has 2 N–H and O–H groups in total. The van der Waals surface area contributed by atoms with Crippen LogP contribution in [-0.4, -0.2) is 38.6 Å². The fourth-order valence-corrected chi connectivity index (χ4v) is 2.92. The number of carbonyl (C=O) groups is 1. The normalized spacial score (nSPS) is 16.0. The third-order valence-corrected chi connectivity index (χ3v) is 4.39. The van der Waals surface area contributed by atoms with E-state index >= 15 is 0 Å². The Balaban J connectivity index is 2.16. The van der Waals surface area contributed by atoms with Crippen LogP contribution in [0, 0.1) is 5.41 Å². The lowest BCUT2D eigenvalue weighted by Gasteiger charge is -2.41. The minimum absolute atomic E-state index is 0.126. The van der Waals surface area contributed by atoms with Crippen molar-refractivity contribution in [3.8, 4) is 11.5 Å². The van der Waals surface area contributed by atoms with Crippen LogP contribution in [0.3, 0.4) is 0 Å². The van der Waals surface area contributed by atoms with Gasteiger partial charge < -0.3 is 20.1 Å². The van der Waals surface area contributed by atoms with E-state index in [9.17, 15) is 4.79 Å². The van der Waals surface area contributed by atoms with Crippen molar-refractivity contribution < 1.29 is 14.3 Å². The van der Waals surface area contributed by atoms with E-state index in [4.69, 9.17) is 15.2 Å². The zero-order valence-electron chi connectivity index (χ0n) is 13.0. The van der Waals surface area contributed by atoms with Gasteiger partial charge in [-0.2, -0.15) is 0 Å². The van der Waals surface area contributed by atoms with Crippen LogP contribution in [0.15, 0.2) is 18.2 Å². The summed E-state index contributed by atoms with van der Waals surface area (Å²) < 4.78 is 10.7. The van der Waals surface area contributed by atoms with Crippen molar-refractivity contribution >= 4 is 5.91 Å². The SMILES string of the molecule is COc1cccc(CN(C)C(=O)C2(CN)CCC2)c1OC. The fourth-order valence-electron chi connectivity index (χ4n) is 2.92. The van der Waals surface area contributed by atoms with Gasteiger partial charge in [-0.1, -0.05) is 18.6 Å². The standard InChI is InChI=1S/C16H24N2O3/c1-18(15(19)16(11-17)8-5-9-16)10-12-6-4-7-13(20-2)14(12)21-3/h4,6-7H,5,8-11,17H2,1-3H3. The Bertz CT molecular complexity index is 507. The summed E-state index contributed by atoms with van der Waals surface area (Å²) in [6.45, 7) is 0.909. The monoisotopic (exact) mass is 292 g/mol. The predicted octanol–water partition coefficient (Wildman–Crippen LogP) is 1.79. The highest BCUT2D eigenvalue weighted by molar-refractivity contribution is 5.83. The third kappa shape index (κ3) is 2.83. The lowest BCUT2D eigenvalue weighted by molar-refractivity contribution is -0.145. The van der Waals surface area contributed by atoms with Gasteiger partial charge in [0, 0.05) is 25.7 Å². The van der Waals surface area contributed by atoms with Crippen LogP contribution >= 0.6 is 0 Å². The van der Waals surface area contributed by atoms with Crippen molar-refractivity contribution in [1.29, 1.82) is 0 Å². The van der Waals surface area contributed by atoms with E-state index in [1.165, 1.54) is 0 Å². The summed E-state index contributed by atoms with van der Waals surface area (Å²) in [5.41, 5.74) is 6.39. The molecular formula is C16H24N2O3. The predicted molar refractivity (Wildman–Crippen MR) is 81.4 cm³/mol. The van der Waals surface area contributed by atoms with Gasteiger partial charge in [-0.15, -0.1) is 0 Å². The number of methoxy groups -OCH3 is 2. The molecule has 0 saturated heterocycles. The largest absolute Gasteiger partial charge is 0.493 e. The van der Waals surface area contributed by atoms with Crippen LogP contribution in [0.5, 0.6) is 11.5 Å². The highest BCUT2D eigenvalue weighted by Gasteiger charge is 2.44. The molecule has 0 unspecified atom stereocenters. The average Bonchev–Trinajstić information content (AvgIpc) is 2.46. The Labute approximate surface area is 126 Å². The van der Waals surface area contributed by atoms with Crippen molar-refractivity contribution in [3.63, 3.8) is 0 Å². The first kappa shape index (κ1) is 15.6. The second-order valence-electron chi connectivity index (χ2n) is 5.65. The van der Waals surface area contributed by atoms with Crippen molar-refractivity contribution in [2.24, 2.45) is 11.1 Å². The van der Waals surface area contributed by atoms with E-state index in [0.29, 0.717) is 24.6 Å². The summed E-state index contributed by atoms with van der Waals surface area (Å²) in [7, 11) is 5.03. The smallest absolute Gasteiger partial charge is 0.230 e. The molecular weight excluding hydrogens is 268 g/mol. The molecule has 21 heavy (non-hydrogen) atoms. The van der Waals surface area contributed by atoms with Gasteiger partial charge in [0.15, 0.2) is 11.5 Å². The van der Waals surface area contributed by atoms with E-state index in [2.05, 4.69) is 0 Å². The molecule has 1 amide bonds. The number of carbonyl (C=O) groups excluding carboxylic acids is 1. The van der Waals surface area contributed by atoms with Crippen LogP contribution in [0.4, 0.5) is 0 Å². The number of nitrogens with zero attached hydrogens (tertiary/aromatic N) is 1. The molecule has 0 aromatic heterocycles. The van der Waals surface area contributed by atoms with Crippen molar-refractivity contribution in [2.75, 3.05) is 27.8 Å². The topological polar surface area (TPSA) is 64.8 Å². The van der Waals surface area contributed by atoms with Crippen molar-refractivity contribution in [1.82, 2.24) is 4.90 Å². The lowest BCUT2D eigenvalue weighted by Crippen LogP contribution is -2.50. The Morgan fingerprint density at radius 1 is 1.33 bits per heavy atom. The van der Waals surface area contributed by atoms with E-state index in [1.807, 2.05) is 25.2 Å². The Kier molecular flexibility index (Phi) is 4.73. The zero-order chi connectivity index (χ0) is 15.5. The van der Waals surface area contributed by atoms with Crippen LogP contribution in [-0.2, 0) is 11.3 Å². The number of ether oxygens (including phenoxy) is 2. The van der Waals surface area contributed by atoms with Gasteiger partial charge in [0.1, 0.15) is 0 Å². The van der Waals surface area contributed by atoms with Gasteiger partial charge in [-0.05, 0) is 18.9 Å². The maximum atomic E-state index is 12.6. The molecule has 0 aliphatic heterocycles. The molecule has 1 aromatic rings. The molecule has 1 aromatic carbocycles. The van der Waals surface area contributed by atoms with Crippen LogP contribution < -0.4 is 15.2 Å². The number of hydrogen-bond acceptors (Lipinski definition) is 4. The molecule has 5 heteroatoms. The molecule has 0 radical (unpaired) electrons. The molecule has 2 rings (SSSR count). The first-order valence-electron chi connectivity index (χ1n) is 7.23. The van der Waals surface area contributed by atoms with Gasteiger partial charge in [-0.25, -0.2) is 0 Å². The van der Waals surface area contributed by atoms with Gasteiger partial charge >= 0.3 is 0 Å². The number of rotatable bonds is 6. The number of benzene rings is 1. The quantitative estimate of drug-likeness (QED) is 0.868. The molecule has 5 nitrogen and oxygen atoms in total. The summed E-state index contributed by atoms with van der Waals surface area (Å²) in [4.78, 5) is 14.4. The van der Waals surface area contributed by atoms with Crippen LogP contribution in [0.25, 0.3) is 0 Å². The summed E-state index contributed by atoms with van der Waals surface area (Å²) >= 11 is 0. The first-order valence-corrected chi connectivity index (χ1v) is 7.23. The Hall–Kier alpha value is -1.75. The number of nitrogens with two attached hydrogens (primary N) is 1. The molecule has 1 saturated carbocycles. The zero-order valence-corrected chi connectivity index (χ0v) is 13.0. The van der Waals surface area contributed by atoms with E-state index in [1.54, 1.807) is 19.1 Å². The van der Waals surface area contributed by atoms with Crippen molar-refractivity contribution in [2.45, 2.75) is 25.8 Å². The summed E-state index contributed by atoms with van der Waals surface area (Å²) in [6, 6.07) is 5.69. The van der Waals surface area contributed by atoms with E-state index < -0.39 is 0 Å². The molecule has 1 aliphatic carbocycles. The second-order valence-corrected chi connectivity index (χ2v) is 5.65. The summed E-state index contributed by atoms with van der Waals surface area (Å²) in [5, 5.41) is 0. The minimum Gasteiger partial charge on any atom is -0.493 e. The average molecular weight is 292 g/mol. The van der Waals surface area contributed by atoms with Gasteiger partial charge in [0.05, 0.1) is 19.6 Å². The molecule has 0 spiro atoms. The molecule has 0 atom stereocenters. The van der Waals surface area contributed by atoms with E-state index in [-0.39, 0.29) is 11.3 Å². The highest BCUT2D eigenvalue weighted by Crippen LogP contribution is 2.42. The lowest BCUT2D eigenvalue weighted by atomic mass is 9.68. The minimum atomic E-state index is -0.346. The van der Waals surface area contributed by atoms with Crippen LogP contribution in [0.1, 0.15) is 24.8 Å². The molecule has 0 bridgehead atoms. The van der Waals surface area contributed by atoms with Gasteiger partial charge in [0.25, 0.3) is 0 Å². The summed E-state index contributed by atoms with van der Waals surface area (Å²) in [5.74, 6) is 1.48. The van der Waals surface area contributed by atoms with E-state index in [0.717, 1.165) is 24.8 Å².